The van der Waals surface area contributed by atoms with Crippen molar-refractivity contribution in [3.05, 3.63) is 35.4 Å². The first-order chi connectivity index (χ1) is 9.69. The monoisotopic (exact) mass is 290 g/mol. The molecule has 2 saturated carbocycles. The number of benzene rings is 1. The average molecular weight is 291 g/mol. The van der Waals surface area contributed by atoms with Crippen LogP contribution in [-0.2, 0) is 0 Å². The maximum Gasteiger partial charge on any atom is 0.0638 e. The molecule has 1 heteroatoms. The lowest BCUT2D eigenvalue weighted by Gasteiger charge is -2.30. The third-order valence-corrected chi connectivity index (χ3v) is 6.44. The Kier molecular flexibility index (Phi) is 4.40. The minimum atomic E-state index is 0.186. The van der Waals surface area contributed by atoms with Gasteiger partial charge in [-0.25, -0.2) is 0 Å². The summed E-state index contributed by atoms with van der Waals surface area (Å²) in [6.45, 7) is 2.37. The highest BCUT2D eigenvalue weighted by atomic mass is 35.5. The fraction of sp³-hybridized carbons (Fsp3) is 0.684. The van der Waals surface area contributed by atoms with Crippen LogP contribution in [0.15, 0.2) is 24.3 Å². The van der Waals surface area contributed by atoms with Crippen molar-refractivity contribution in [2.45, 2.75) is 76.0 Å². The molecular weight excluding hydrogens is 264 g/mol. The summed E-state index contributed by atoms with van der Waals surface area (Å²) in [7, 11) is 0. The second-order valence-electron chi connectivity index (χ2n) is 7.23. The van der Waals surface area contributed by atoms with E-state index in [0.717, 1.165) is 5.92 Å². The largest absolute Gasteiger partial charge is 0.117 e. The summed E-state index contributed by atoms with van der Waals surface area (Å²) in [5.74, 6) is 0.800. The van der Waals surface area contributed by atoms with Gasteiger partial charge < -0.3 is 0 Å². The molecule has 2 fully saturated rings. The lowest BCUT2D eigenvalue weighted by Crippen LogP contribution is -2.18. The van der Waals surface area contributed by atoms with Gasteiger partial charge in [0.2, 0.25) is 0 Å². The molecule has 0 amide bonds. The van der Waals surface area contributed by atoms with Gasteiger partial charge in [-0.1, -0.05) is 63.3 Å². The van der Waals surface area contributed by atoms with E-state index in [0.29, 0.717) is 5.41 Å². The molecular formula is C19H27Cl. The van der Waals surface area contributed by atoms with Crippen LogP contribution in [0.25, 0.3) is 0 Å². The Morgan fingerprint density at radius 3 is 2.15 bits per heavy atom. The molecule has 0 aromatic heterocycles. The van der Waals surface area contributed by atoms with Gasteiger partial charge in [0, 0.05) is 0 Å². The summed E-state index contributed by atoms with van der Waals surface area (Å²) < 4.78 is 0. The third-order valence-electron chi connectivity index (χ3n) is 5.66. The summed E-state index contributed by atoms with van der Waals surface area (Å²) in [5.41, 5.74) is 3.18. The minimum absolute atomic E-state index is 0.186. The van der Waals surface area contributed by atoms with E-state index in [4.69, 9.17) is 11.6 Å². The maximum atomic E-state index is 6.79. The predicted octanol–water partition coefficient (Wildman–Crippen LogP) is 6.59. The molecule has 2 aliphatic rings. The van der Waals surface area contributed by atoms with Gasteiger partial charge in [-0.3, -0.25) is 0 Å². The van der Waals surface area contributed by atoms with Crippen LogP contribution >= 0.6 is 11.6 Å². The summed E-state index contributed by atoms with van der Waals surface area (Å²) >= 11 is 6.79. The second-order valence-corrected chi connectivity index (χ2v) is 7.66. The molecule has 0 nitrogen and oxygen atoms in total. The molecule has 0 saturated heterocycles. The highest BCUT2D eigenvalue weighted by molar-refractivity contribution is 6.21. The number of alkyl halides is 1. The SMILES string of the molecule is CC1(C(Cl)c2ccc(C3CCCCC3)cc2)CCCC1. The molecule has 0 N–H and O–H groups in total. The lowest BCUT2D eigenvalue weighted by atomic mass is 9.80. The molecule has 3 rings (SSSR count). The second kappa shape index (κ2) is 6.10. The molecule has 1 unspecified atom stereocenters. The van der Waals surface area contributed by atoms with Crippen LogP contribution in [0.2, 0.25) is 0 Å². The third kappa shape index (κ3) is 2.91. The van der Waals surface area contributed by atoms with E-state index in [-0.39, 0.29) is 5.38 Å². The number of hydrogen-bond donors (Lipinski definition) is 0. The van der Waals surface area contributed by atoms with E-state index in [1.54, 1.807) is 0 Å². The van der Waals surface area contributed by atoms with Crippen molar-refractivity contribution in [1.29, 1.82) is 0 Å². The van der Waals surface area contributed by atoms with Gasteiger partial charge in [-0.05, 0) is 48.1 Å². The standard InChI is InChI=1S/C19H27Cl/c1-19(13-5-6-14-19)18(20)17-11-9-16(10-12-17)15-7-3-2-4-8-15/h9-12,15,18H,2-8,13-14H2,1H3. The van der Waals surface area contributed by atoms with Crippen molar-refractivity contribution in [3.8, 4) is 0 Å². The molecule has 0 aliphatic heterocycles. The van der Waals surface area contributed by atoms with E-state index in [9.17, 15) is 0 Å². The van der Waals surface area contributed by atoms with Gasteiger partial charge in [0.05, 0.1) is 5.38 Å². The van der Waals surface area contributed by atoms with Crippen LogP contribution < -0.4 is 0 Å². The van der Waals surface area contributed by atoms with Gasteiger partial charge in [0.1, 0.15) is 0 Å². The number of halogens is 1. The van der Waals surface area contributed by atoms with Crippen molar-refractivity contribution in [1.82, 2.24) is 0 Å². The molecule has 0 spiro atoms. The summed E-state index contributed by atoms with van der Waals surface area (Å²) in [6, 6.07) is 9.29. The van der Waals surface area contributed by atoms with Crippen molar-refractivity contribution in [3.63, 3.8) is 0 Å². The van der Waals surface area contributed by atoms with E-state index < -0.39 is 0 Å². The van der Waals surface area contributed by atoms with Crippen LogP contribution in [0, 0.1) is 5.41 Å². The highest BCUT2D eigenvalue weighted by Crippen LogP contribution is 2.50. The molecule has 0 radical (unpaired) electrons. The van der Waals surface area contributed by atoms with Crippen LogP contribution in [-0.4, -0.2) is 0 Å². The molecule has 0 bridgehead atoms. The topological polar surface area (TPSA) is 0 Å². The molecule has 110 valence electrons. The Balaban J connectivity index is 1.72. The van der Waals surface area contributed by atoms with Gasteiger partial charge >= 0.3 is 0 Å². The molecule has 0 heterocycles. The molecule has 1 aromatic carbocycles. The Hall–Kier alpha value is -0.490. The fourth-order valence-corrected chi connectivity index (χ4v) is 4.58. The van der Waals surface area contributed by atoms with E-state index >= 15 is 0 Å². The molecule has 1 aromatic rings. The first kappa shape index (κ1) is 14.4. The van der Waals surface area contributed by atoms with Crippen molar-refractivity contribution >= 4 is 11.6 Å². The Labute approximate surface area is 128 Å². The number of rotatable bonds is 3. The van der Waals surface area contributed by atoms with E-state index in [2.05, 4.69) is 31.2 Å². The van der Waals surface area contributed by atoms with Crippen LogP contribution in [0.4, 0.5) is 0 Å². The Morgan fingerprint density at radius 1 is 0.950 bits per heavy atom. The Bertz CT molecular complexity index is 422. The lowest BCUT2D eigenvalue weighted by molar-refractivity contribution is 0.322. The van der Waals surface area contributed by atoms with E-state index in [1.165, 1.54) is 68.9 Å². The number of hydrogen-bond acceptors (Lipinski definition) is 0. The summed E-state index contributed by atoms with van der Waals surface area (Å²) in [6.07, 6.45) is 12.3. The van der Waals surface area contributed by atoms with Gasteiger partial charge in [-0.2, -0.15) is 0 Å². The van der Waals surface area contributed by atoms with Crippen molar-refractivity contribution in [2.24, 2.45) is 5.41 Å². The molecule has 2 aliphatic carbocycles. The Morgan fingerprint density at radius 2 is 1.55 bits per heavy atom. The highest BCUT2D eigenvalue weighted by Gasteiger charge is 2.36. The zero-order valence-corrected chi connectivity index (χ0v) is 13.5. The summed E-state index contributed by atoms with van der Waals surface area (Å²) in [4.78, 5) is 0. The molecule has 20 heavy (non-hydrogen) atoms. The van der Waals surface area contributed by atoms with Gasteiger partial charge in [-0.15, -0.1) is 11.6 Å². The summed E-state index contributed by atoms with van der Waals surface area (Å²) in [5, 5.41) is 0.186. The van der Waals surface area contributed by atoms with Crippen LogP contribution in [0.5, 0.6) is 0 Å². The zero-order chi connectivity index (χ0) is 14.0. The zero-order valence-electron chi connectivity index (χ0n) is 12.7. The average Bonchev–Trinajstić information content (AvgIpc) is 2.96. The van der Waals surface area contributed by atoms with Crippen LogP contribution in [0.3, 0.4) is 0 Å². The van der Waals surface area contributed by atoms with Gasteiger partial charge in [0.25, 0.3) is 0 Å². The predicted molar refractivity (Wildman–Crippen MR) is 87.4 cm³/mol. The normalized spacial score (nSPS) is 24.7. The molecule has 1 atom stereocenters. The van der Waals surface area contributed by atoms with Crippen LogP contribution in [0.1, 0.15) is 87.1 Å². The maximum absolute atomic E-state index is 6.79. The quantitative estimate of drug-likeness (QED) is 0.551. The van der Waals surface area contributed by atoms with Crippen molar-refractivity contribution in [2.75, 3.05) is 0 Å². The van der Waals surface area contributed by atoms with Crippen molar-refractivity contribution < 1.29 is 0 Å². The first-order valence-corrected chi connectivity index (χ1v) is 8.87. The fourth-order valence-electron chi connectivity index (χ4n) is 4.21. The smallest absolute Gasteiger partial charge is 0.0638 e. The first-order valence-electron chi connectivity index (χ1n) is 8.43. The van der Waals surface area contributed by atoms with E-state index in [1.807, 2.05) is 0 Å². The van der Waals surface area contributed by atoms with Gasteiger partial charge in [0.15, 0.2) is 0 Å². The minimum Gasteiger partial charge on any atom is -0.117 e.